The molecule has 0 saturated heterocycles. The van der Waals surface area contributed by atoms with Crippen LogP contribution in [0, 0.1) is 0 Å². The maximum Gasteiger partial charge on any atom is 0.367 e. The molecule has 0 amide bonds. The van der Waals surface area contributed by atoms with Gasteiger partial charge in [0.2, 0.25) is 5.82 Å². The molecule has 0 spiro atoms. The minimum Gasteiger partial charge on any atom is -0.479 e. The predicted octanol–water partition coefficient (Wildman–Crippen LogP) is 0.994. The first-order valence-corrected chi connectivity index (χ1v) is 5.01. The minimum atomic E-state index is -4.58. The summed E-state index contributed by atoms with van der Waals surface area (Å²) in [4.78, 5) is 11.1. The Balaban J connectivity index is 2.49. The van der Waals surface area contributed by atoms with Crippen LogP contribution in [0.3, 0.4) is 0 Å². The second kappa shape index (κ2) is 3.89. The zero-order valence-corrected chi connectivity index (χ0v) is 8.85. The maximum atomic E-state index is 13.2. The number of rotatable bonds is 4. The van der Waals surface area contributed by atoms with Gasteiger partial charge in [-0.1, -0.05) is 0 Å². The Bertz CT molecular complexity index is 471. The van der Waals surface area contributed by atoms with Gasteiger partial charge in [0.25, 0.3) is 0 Å². The van der Waals surface area contributed by atoms with Crippen LogP contribution in [0.1, 0.15) is 25.1 Å². The molecule has 1 saturated carbocycles. The number of hydrogen-bond donors (Lipinski definition) is 1. The molecule has 1 aromatic rings. The lowest BCUT2D eigenvalue weighted by atomic mass is 9.76. The first-order valence-electron chi connectivity index (χ1n) is 5.01. The maximum absolute atomic E-state index is 13.2. The number of hydrogen-bond acceptors (Lipinski definition) is 4. The summed E-state index contributed by atoms with van der Waals surface area (Å²) in [5.41, 5.74) is -1.74. The molecular formula is C8H8F4N4O2. The van der Waals surface area contributed by atoms with E-state index in [1.54, 1.807) is 0 Å². The van der Waals surface area contributed by atoms with E-state index in [0.29, 0.717) is 11.1 Å². The van der Waals surface area contributed by atoms with E-state index in [9.17, 15) is 22.4 Å². The van der Waals surface area contributed by atoms with Crippen LogP contribution in [0.15, 0.2) is 0 Å². The summed E-state index contributed by atoms with van der Waals surface area (Å²) in [5.74, 6) is -7.41. The van der Waals surface area contributed by atoms with Gasteiger partial charge in [0.1, 0.15) is 0 Å². The van der Waals surface area contributed by atoms with E-state index >= 15 is 0 Å². The average molecular weight is 268 g/mol. The quantitative estimate of drug-likeness (QED) is 0.824. The molecule has 0 aliphatic heterocycles. The lowest BCUT2D eigenvalue weighted by Gasteiger charge is -2.38. The van der Waals surface area contributed by atoms with Crippen LogP contribution in [0.25, 0.3) is 0 Å². The molecule has 10 heteroatoms. The first-order chi connectivity index (χ1) is 8.32. The fourth-order valence-corrected chi connectivity index (χ4v) is 1.81. The number of aromatic nitrogens is 4. The van der Waals surface area contributed by atoms with E-state index < -0.39 is 29.7 Å². The summed E-state index contributed by atoms with van der Waals surface area (Å²) in [6.07, 6.45) is -3.47. The molecule has 1 aromatic heterocycles. The van der Waals surface area contributed by atoms with Crippen LogP contribution < -0.4 is 0 Å². The fraction of sp³-hybridized carbons (Fsp3) is 0.750. The minimum absolute atomic E-state index is 0.0275. The number of carboxylic acid groups (broad SMARTS) is 1. The van der Waals surface area contributed by atoms with Crippen molar-refractivity contribution in [1.82, 2.24) is 20.2 Å². The Kier molecular flexibility index (Phi) is 2.74. The van der Waals surface area contributed by atoms with Gasteiger partial charge in [0.05, 0.1) is 0 Å². The topological polar surface area (TPSA) is 80.9 Å². The summed E-state index contributed by atoms with van der Waals surface area (Å²) in [7, 11) is 0. The molecule has 0 unspecified atom stereocenters. The molecule has 0 bridgehead atoms. The van der Waals surface area contributed by atoms with Gasteiger partial charge < -0.3 is 5.11 Å². The standard InChI is InChI=1S/C8H8F4N4O2/c9-4(10)8(11,12)5-13-14-15-16(5)7(6(17)18)2-1-3-7/h4H,1-3H2,(H,17,18). The highest BCUT2D eigenvalue weighted by Gasteiger charge is 2.55. The number of carboxylic acids is 1. The van der Waals surface area contributed by atoms with Crippen molar-refractivity contribution >= 4 is 5.97 Å². The Hall–Kier alpha value is -1.74. The molecule has 6 nitrogen and oxygen atoms in total. The number of carbonyl (C=O) groups is 1. The van der Waals surface area contributed by atoms with Crippen LogP contribution in [0.2, 0.25) is 0 Å². The molecule has 1 N–H and O–H groups in total. The zero-order valence-electron chi connectivity index (χ0n) is 8.85. The lowest BCUT2D eigenvalue weighted by Crippen LogP contribution is -2.50. The first kappa shape index (κ1) is 12.7. The molecule has 1 heterocycles. The number of tetrazole rings is 1. The zero-order chi connectivity index (χ0) is 13.6. The molecular weight excluding hydrogens is 260 g/mol. The molecule has 0 atom stereocenters. The van der Waals surface area contributed by atoms with Gasteiger partial charge >= 0.3 is 18.3 Å². The van der Waals surface area contributed by atoms with Gasteiger partial charge in [-0.2, -0.15) is 8.78 Å². The lowest BCUT2D eigenvalue weighted by molar-refractivity contribution is -0.161. The Morgan fingerprint density at radius 2 is 2.06 bits per heavy atom. The van der Waals surface area contributed by atoms with Crippen molar-refractivity contribution in [1.29, 1.82) is 0 Å². The van der Waals surface area contributed by atoms with E-state index in [4.69, 9.17) is 5.11 Å². The molecule has 1 aliphatic rings. The summed E-state index contributed by atoms with van der Waals surface area (Å²) < 4.78 is 51.3. The van der Waals surface area contributed by atoms with Crippen molar-refractivity contribution in [2.45, 2.75) is 37.1 Å². The van der Waals surface area contributed by atoms with E-state index in [0.717, 1.165) is 0 Å². The van der Waals surface area contributed by atoms with Crippen LogP contribution in [-0.4, -0.2) is 37.7 Å². The van der Waals surface area contributed by atoms with E-state index in [-0.39, 0.29) is 12.8 Å². The van der Waals surface area contributed by atoms with Crippen LogP contribution >= 0.6 is 0 Å². The van der Waals surface area contributed by atoms with Gasteiger partial charge in [-0.05, 0) is 29.7 Å². The van der Waals surface area contributed by atoms with Crippen LogP contribution in [0.4, 0.5) is 17.6 Å². The van der Waals surface area contributed by atoms with Crippen molar-refractivity contribution in [2.75, 3.05) is 0 Å². The van der Waals surface area contributed by atoms with E-state index in [1.807, 2.05) is 0 Å². The normalized spacial score (nSPS) is 18.7. The third-order valence-electron chi connectivity index (χ3n) is 3.03. The molecule has 0 aromatic carbocycles. The highest BCUT2D eigenvalue weighted by Crippen LogP contribution is 2.42. The molecule has 1 fully saturated rings. The Labute approximate surface area is 97.6 Å². The van der Waals surface area contributed by atoms with Gasteiger partial charge in [-0.25, -0.2) is 18.3 Å². The fourth-order valence-electron chi connectivity index (χ4n) is 1.81. The third-order valence-corrected chi connectivity index (χ3v) is 3.03. The largest absolute Gasteiger partial charge is 0.479 e. The van der Waals surface area contributed by atoms with Gasteiger partial charge in [-0.15, -0.1) is 5.10 Å². The van der Waals surface area contributed by atoms with E-state index in [1.165, 1.54) is 0 Å². The SMILES string of the molecule is O=C(O)C1(n2nnnc2C(F)(F)C(F)F)CCC1. The molecule has 2 rings (SSSR count). The van der Waals surface area contributed by atoms with E-state index in [2.05, 4.69) is 15.5 Å². The van der Waals surface area contributed by atoms with Crippen molar-refractivity contribution in [3.05, 3.63) is 5.82 Å². The monoisotopic (exact) mass is 268 g/mol. The van der Waals surface area contributed by atoms with Crippen LogP contribution in [0.5, 0.6) is 0 Å². The molecule has 18 heavy (non-hydrogen) atoms. The average Bonchev–Trinajstić information content (AvgIpc) is 2.64. The smallest absolute Gasteiger partial charge is 0.367 e. The summed E-state index contributed by atoms with van der Waals surface area (Å²) in [6.45, 7) is 0. The summed E-state index contributed by atoms with van der Waals surface area (Å²) in [6, 6.07) is 0. The Morgan fingerprint density at radius 3 is 2.44 bits per heavy atom. The highest BCUT2D eigenvalue weighted by atomic mass is 19.3. The van der Waals surface area contributed by atoms with Crippen molar-refractivity contribution < 1.29 is 27.5 Å². The number of halogens is 4. The summed E-state index contributed by atoms with van der Waals surface area (Å²) >= 11 is 0. The van der Waals surface area contributed by atoms with Crippen molar-refractivity contribution in [3.63, 3.8) is 0 Å². The highest BCUT2D eigenvalue weighted by molar-refractivity contribution is 5.77. The molecule has 1 aliphatic carbocycles. The summed E-state index contributed by atoms with van der Waals surface area (Å²) in [5, 5.41) is 17.9. The van der Waals surface area contributed by atoms with Gasteiger partial charge in [-0.3, -0.25) is 0 Å². The molecule has 0 radical (unpaired) electrons. The third kappa shape index (κ3) is 1.55. The molecule has 100 valence electrons. The number of alkyl halides is 4. The Morgan fingerprint density at radius 1 is 1.44 bits per heavy atom. The second-order valence-electron chi connectivity index (χ2n) is 4.03. The van der Waals surface area contributed by atoms with Crippen LogP contribution in [-0.2, 0) is 16.3 Å². The second-order valence-corrected chi connectivity index (χ2v) is 4.03. The predicted molar refractivity (Wildman–Crippen MR) is 47.2 cm³/mol. The van der Waals surface area contributed by atoms with Crippen molar-refractivity contribution in [2.24, 2.45) is 0 Å². The van der Waals surface area contributed by atoms with Gasteiger partial charge in [0.15, 0.2) is 5.54 Å². The number of nitrogens with zero attached hydrogens (tertiary/aromatic N) is 4. The number of aliphatic carboxylic acids is 1. The van der Waals surface area contributed by atoms with Crippen molar-refractivity contribution in [3.8, 4) is 0 Å². The van der Waals surface area contributed by atoms with Gasteiger partial charge in [0, 0.05) is 0 Å².